The first-order valence-corrected chi connectivity index (χ1v) is 8.70. The molecule has 3 nitrogen and oxygen atoms in total. The summed E-state index contributed by atoms with van der Waals surface area (Å²) in [5, 5.41) is 0. The smallest absolute Gasteiger partial charge is 0.432 e. The third-order valence-electron chi connectivity index (χ3n) is 5.00. The van der Waals surface area contributed by atoms with E-state index in [-0.39, 0.29) is 17.4 Å². The Bertz CT molecular complexity index is 652. The molecule has 1 aliphatic carbocycles. The molecule has 0 fully saturated rings. The topological polar surface area (TPSA) is 35.5 Å². The number of esters is 1. The molecule has 144 valence electrons. The quantitative estimate of drug-likeness (QED) is 0.540. The molecule has 0 heterocycles. The normalized spacial score (nSPS) is 23.3. The van der Waals surface area contributed by atoms with E-state index in [1.807, 2.05) is 20.8 Å². The van der Waals surface area contributed by atoms with Crippen LogP contribution in [-0.4, -0.2) is 25.4 Å². The number of allylic oxidation sites excluding steroid dienone is 1. The summed E-state index contributed by atoms with van der Waals surface area (Å²) in [6.45, 7) is 5.90. The molecule has 1 aromatic carbocycles. The summed E-state index contributed by atoms with van der Waals surface area (Å²) in [6.07, 6.45) is -2.36. The zero-order chi connectivity index (χ0) is 19.5. The van der Waals surface area contributed by atoms with E-state index >= 15 is 0 Å². The summed E-state index contributed by atoms with van der Waals surface area (Å²) in [5.41, 5.74) is -2.33. The second kappa shape index (κ2) is 7.82. The minimum atomic E-state index is -4.95. The van der Waals surface area contributed by atoms with Crippen molar-refractivity contribution in [1.82, 2.24) is 0 Å². The lowest BCUT2D eigenvalue weighted by molar-refractivity contribution is -0.279. The highest BCUT2D eigenvalue weighted by molar-refractivity contribution is 5.83. The van der Waals surface area contributed by atoms with Crippen LogP contribution < -0.4 is 0 Å². The van der Waals surface area contributed by atoms with E-state index in [4.69, 9.17) is 9.47 Å². The Labute approximate surface area is 152 Å². The number of carbonyl (C=O) groups is 1. The van der Waals surface area contributed by atoms with E-state index < -0.39 is 23.9 Å². The van der Waals surface area contributed by atoms with Crippen LogP contribution in [0.15, 0.2) is 42.0 Å². The zero-order valence-electron chi connectivity index (χ0n) is 15.5. The molecular weight excluding hydrogens is 345 g/mol. The maximum atomic E-state index is 13.9. The van der Waals surface area contributed by atoms with Crippen molar-refractivity contribution in [3.8, 4) is 0 Å². The summed E-state index contributed by atoms with van der Waals surface area (Å²) >= 11 is 0. The Morgan fingerprint density at radius 2 is 1.81 bits per heavy atom. The van der Waals surface area contributed by atoms with E-state index in [1.165, 1.54) is 24.3 Å². The predicted molar refractivity (Wildman–Crippen MR) is 92.4 cm³/mol. The SMILES string of the molecule is CO[C@](C(=O)O[C@H]1CC(C(C)C)=CC[C@@H]1C)(c1ccccc1)C(F)(F)F. The van der Waals surface area contributed by atoms with Crippen molar-refractivity contribution in [2.75, 3.05) is 7.11 Å². The lowest BCUT2D eigenvalue weighted by atomic mass is 9.83. The maximum absolute atomic E-state index is 13.9. The third kappa shape index (κ3) is 3.80. The van der Waals surface area contributed by atoms with Crippen LogP contribution in [0.4, 0.5) is 13.2 Å². The Hall–Kier alpha value is -1.82. The molecule has 3 atom stereocenters. The number of ether oxygens (including phenoxy) is 2. The predicted octanol–water partition coefficient (Wildman–Crippen LogP) is 5.01. The van der Waals surface area contributed by atoms with Crippen LogP contribution in [0, 0.1) is 11.8 Å². The molecule has 1 aliphatic rings. The fourth-order valence-electron chi connectivity index (χ4n) is 3.24. The van der Waals surface area contributed by atoms with Crippen LogP contribution in [0.3, 0.4) is 0 Å². The van der Waals surface area contributed by atoms with Gasteiger partial charge in [-0.15, -0.1) is 0 Å². The van der Waals surface area contributed by atoms with Crippen molar-refractivity contribution in [1.29, 1.82) is 0 Å². The molecule has 6 heteroatoms. The standard InChI is InChI=1S/C20H25F3O3/c1-13(2)15-11-10-14(3)17(12-15)26-18(24)19(25-4,20(21,22)23)16-8-6-5-7-9-16/h5-9,11,13-14,17H,10,12H2,1-4H3/t14-,17-,19-/m0/s1. The number of methoxy groups -OCH3 is 1. The highest BCUT2D eigenvalue weighted by Crippen LogP contribution is 2.44. The van der Waals surface area contributed by atoms with Crippen molar-refractivity contribution in [2.45, 2.75) is 51.5 Å². The Morgan fingerprint density at radius 1 is 1.19 bits per heavy atom. The van der Waals surface area contributed by atoms with Crippen LogP contribution in [0.5, 0.6) is 0 Å². The molecule has 0 aromatic heterocycles. The molecule has 0 saturated carbocycles. The Balaban J connectivity index is 2.35. The van der Waals surface area contributed by atoms with Crippen LogP contribution >= 0.6 is 0 Å². The van der Waals surface area contributed by atoms with Gasteiger partial charge in [0.05, 0.1) is 0 Å². The van der Waals surface area contributed by atoms with Crippen LogP contribution in [-0.2, 0) is 19.9 Å². The second-order valence-electron chi connectivity index (χ2n) is 7.04. The van der Waals surface area contributed by atoms with Crippen molar-refractivity contribution < 1.29 is 27.4 Å². The maximum Gasteiger partial charge on any atom is 0.432 e. The van der Waals surface area contributed by atoms with E-state index in [2.05, 4.69) is 6.08 Å². The molecule has 0 radical (unpaired) electrons. The molecule has 2 rings (SSSR count). The molecule has 1 aromatic rings. The van der Waals surface area contributed by atoms with E-state index in [0.717, 1.165) is 12.7 Å². The Morgan fingerprint density at radius 3 is 2.31 bits per heavy atom. The molecular formula is C20H25F3O3. The van der Waals surface area contributed by atoms with Gasteiger partial charge in [0, 0.05) is 19.1 Å². The first-order chi connectivity index (χ1) is 12.1. The number of benzene rings is 1. The van der Waals surface area contributed by atoms with Gasteiger partial charge in [-0.2, -0.15) is 13.2 Å². The molecule has 0 bridgehead atoms. The number of hydrogen-bond donors (Lipinski definition) is 0. The lowest BCUT2D eigenvalue weighted by Gasteiger charge is -2.36. The molecule has 0 N–H and O–H groups in total. The van der Waals surface area contributed by atoms with Crippen molar-refractivity contribution in [2.24, 2.45) is 11.8 Å². The van der Waals surface area contributed by atoms with Crippen LogP contribution in [0.25, 0.3) is 0 Å². The van der Waals surface area contributed by atoms with Gasteiger partial charge >= 0.3 is 12.1 Å². The Kier molecular flexibility index (Phi) is 6.17. The fraction of sp³-hybridized carbons (Fsp3) is 0.550. The third-order valence-corrected chi connectivity index (χ3v) is 5.00. The highest BCUT2D eigenvalue weighted by atomic mass is 19.4. The van der Waals surface area contributed by atoms with Gasteiger partial charge in [0.1, 0.15) is 6.10 Å². The van der Waals surface area contributed by atoms with Crippen molar-refractivity contribution in [3.63, 3.8) is 0 Å². The molecule has 0 saturated heterocycles. The molecule has 0 spiro atoms. The van der Waals surface area contributed by atoms with Gasteiger partial charge in [-0.25, -0.2) is 4.79 Å². The minimum absolute atomic E-state index is 0.0555. The van der Waals surface area contributed by atoms with Crippen LogP contribution in [0.1, 0.15) is 39.2 Å². The van der Waals surface area contributed by atoms with Gasteiger partial charge < -0.3 is 9.47 Å². The average Bonchev–Trinajstić information content (AvgIpc) is 2.57. The van der Waals surface area contributed by atoms with E-state index in [9.17, 15) is 18.0 Å². The first kappa shape index (κ1) is 20.5. The van der Waals surface area contributed by atoms with Gasteiger partial charge in [0.2, 0.25) is 0 Å². The van der Waals surface area contributed by atoms with E-state index in [0.29, 0.717) is 12.8 Å². The number of hydrogen-bond acceptors (Lipinski definition) is 3. The van der Waals surface area contributed by atoms with Gasteiger partial charge in [0.25, 0.3) is 5.60 Å². The average molecular weight is 370 g/mol. The van der Waals surface area contributed by atoms with Gasteiger partial charge in [-0.05, 0) is 18.3 Å². The van der Waals surface area contributed by atoms with E-state index in [1.54, 1.807) is 6.07 Å². The molecule has 26 heavy (non-hydrogen) atoms. The molecule has 0 amide bonds. The number of carbonyl (C=O) groups excluding carboxylic acids is 1. The fourth-order valence-corrected chi connectivity index (χ4v) is 3.24. The van der Waals surface area contributed by atoms with Gasteiger partial charge in [-0.1, -0.05) is 62.8 Å². The van der Waals surface area contributed by atoms with Gasteiger partial charge in [-0.3, -0.25) is 0 Å². The molecule has 0 unspecified atom stereocenters. The largest absolute Gasteiger partial charge is 0.459 e. The van der Waals surface area contributed by atoms with Crippen LogP contribution in [0.2, 0.25) is 0 Å². The van der Waals surface area contributed by atoms with Crippen molar-refractivity contribution in [3.05, 3.63) is 47.5 Å². The number of halogens is 3. The van der Waals surface area contributed by atoms with Gasteiger partial charge in [0.15, 0.2) is 0 Å². The summed E-state index contributed by atoms with van der Waals surface area (Å²) in [6, 6.07) is 6.90. The highest BCUT2D eigenvalue weighted by Gasteiger charge is 2.64. The zero-order valence-corrected chi connectivity index (χ0v) is 15.5. The monoisotopic (exact) mass is 370 g/mol. The summed E-state index contributed by atoms with van der Waals surface area (Å²) in [4.78, 5) is 12.7. The minimum Gasteiger partial charge on any atom is -0.459 e. The number of rotatable bonds is 5. The summed E-state index contributed by atoms with van der Waals surface area (Å²) in [5.74, 6) is -1.21. The second-order valence-corrected chi connectivity index (χ2v) is 7.04. The van der Waals surface area contributed by atoms with Crippen molar-refractivity contribution >= 4 is 5.97 Å². The number of alkyl halides is 3. The first-order valence-electron chi connectivity index (χ1n) is 8.70. The summed E-state index contributed by atoms with van der Waals surface area (Å²) in [7, 11) is 0.880. The summed E-state index contributed by atoms with van der Waals surface area (Å²) < 4.78 is 52.0. The molecule has 0 aliphatic heterocycles. The lowest BCUT2D eigenvalue weighted by Crippen LogP contribution is -2.53.